The summed E-state index contributed by atoms with van der Waals surface area (Å²) in [5.41, 5.74) is 0. The van der Waals surface area contributed by atoms with Crippen LogP contribution < -0.4 is 5.32 Å². The van der Waals surface area contributed by atoms with Gasteiger partial charge in [0.1, 0.15) is 0 Å². The van der Waals surface area contributed by atoms with Crippen LogP contribution in [0.4, 0.5) is 0 Å². The van der Waals surface area contributed by atoms with Gasteiger partial charge in [-0.25, -0.2) is 0 Å². The fourth-order valence-electron chi connectivity index (χ4n) is 2.71. The van der Waals surface area contributed by atoms with Crippen molar-refractivity contribution in [3.05, 3.63) is 0 Å². The van der Waals surface area contributed by atoms with Gasteiger partial charge in [0.2, 0.25) is 0 Å². The van der Waals surface area contributed by atoms with E-state index >= 15 is 0 Å². The Kier molecular flexibility index (Phi) is 6.70. The summed E-state index contributed by atoms with van der Waals surface area (Å²) in [7, 11) is 6.26. The molecule has 0 amide bonds. The average Bonchev–Trinajstić information content (AvgIpc) is 2.99. The highest BCUT2D eigenvalue weighted by atomic mass is 127. The van der Waals surface area contributed by atoms with Crippen LogP contribution in [0.3, 0.4) is 0 Å². The Labute approximate surface area is 128 Å². The maximum Gasteiger partial charge on any atom is 0.193 e. The maximum absolute atomic E-state index is 4.39. The van der Waals surface area contributed by atoms with E-state index in [0.717, 1.165) is 31.5 Å². The monoisotopic (exact) mass is 366 g/mol. The molecule has 0 bridgehead atoms. The largest absolute Gasteiger partial charge is 0.355 e. The Morgan fingerprint density at radius 2 is 1.94 bits per heavy atom. The standard InChI is InChI=1S/C13H26N4.HI/c1-14-13(17-8-4-5-9-17)15-10-12(16(2)3)11-6-7-11;/h11-12H,4-10H2,1-3H3,(H,14,15);1H. The topological polar surface area (TPSA) is 30.9 Å². The van der Waals surface area contributed by atoms with Crippen molar-refractivity contribution in [2.24, 2.45) is 10.9 Å². The summed E-state index contributed by atoms with van der Waals surface area (Å²) in [6.07, 6.45) is 5.40. The van der Waals surface area contributed by atoms with Gasteiger partial charge in [-0.1, -0.05) is 0 Å². The van der Waals surface area contributed by atoms with Gasteiger partial charge < -0.3 is 15.1 Å². The number of aliphatic imine (C=N–C) groups is 1. The number of nitrogens with one attached hydrogen (secondary N) is 1. The first-order chi connectivity index (χ1) is 8.22. The molecule has 1 heterocycles. The zero-order chi connectivity index (χ0) is 12.3. The van der Waals surface area contributed by atoms with E-state index in [-0.39, 0.29) is 24.0 Å². The molecule has 1 aliphatic carbocycles. The minimum atomic E-state index is 0. The molecule has 18 heavy (non-hydrogen) atoms. The Balaban J connectivity index is 0.00000162. The molecule has 1 saturated carbocycles. The van der Waals surface area contributed by atoms with Crippen molar-refractivity contribution in [2.75, 3.05) is 40.8 Å². The zero-order valence-corrected chi connectivity index (χ0v) is 14.2. The first-order valence-electron chi connectivity index (χ1n) is 6.84. The van der Waals surface area contributed by atoms with Crippen molar-refractivity contribution in [3.8, 4) is 0 Å². The molecule has 1 N–H and O–H groups in total. The Bertz CT molecular complexity index is 268. The molecule has 0 aromatic rings. The van der Waals surface area contributed by atoms with Crippen molar-refractivity contribution in [1.29, 1.82) is 0 Å². The van der Waals surface area contributed by atoms with E-state index in [4.69, 9.17) is 0 Å². The fraction of sp³-hybridized carbons (Fsp3) is 0.923. The molecule has 2 fully saturated rings. The second-order valence-electron chi connectivity index (χ2n) is 5.49. The highest BCUT2D eigenvalue weighted by Crippen LogP contribution is 2.34. The predicted molar refractivity (Wildman–Crippen MR) is 87.8 cm³/mol. The molecular formula is C13H27IN4. The van der Waals surface area contributed by atoms with Crippen LogP contribution in [-0.4, -0.2) is 62.6 Å². The van der Waals surface area contributed by atoms with Crippen molar-refractivity contribution >= 4 is 29.9 Å². The molecule has 1 unspecified atom stereocenters. The summed E-state index contributed by atoms with van der Waals surface area (Å²) in [5, 5.41) is 3.55. The SMILES string of the molecule is CN=C(NCC(C1CC1)N(C)C)N1CCCC1.I. The van der Waals surface area contributed by atoms with Gasteiger partial charge >= 0.3 is 0 Å². The highest BCUT2D eigenvalue weighted by Gasteiger charge is 2.32. The normalized spacial score (nSPS) is 22.0. The second kappa shape index (κ2) is 7.53. The molecule has 1 aliphatic heterocycles. The number of guanidine groups is 1. The lowest BCUT2D eigenvalue weighted by Crippen LogP contribution is -2.46. The van der Waals surface area contributed by atoms with Crippen LogP contribution in [-0.2, 0) is 0 Å². The van der Waals surface area contributed by atoms with E-state index in [1.165, 1.54) is 25.7 Å². The fourth-order valence-corrected chi connectivity index (χ4v) is 2.71. The van der Waals surface area contributed by atoms with E-state index in [1.807, 2.05) is 7.05 Å². The number of likely N-dealkylation sites (tertiary alicyclic amines) is 1. The summed E-state index contributed by atoms with van der Waals surface area (Å²) in [6.45, 7) is 3.35. The minimum Gasteiger partial charge on any atom is -0.355 e. The Morgan fingerprint density at radius 1 is 1.33 bits per heavy atom. The van der Waals surface area contributed by atoms with Crippen LogP contribution in [0.15, 0.2) is 4.99 Å². The molecule has 4 nitrogen and oxygen atoms in total. The number of halogens is 1. The van der Waals surface area contributed by atoms with E-state index in [9.17, 15) is 0 Å². The number of nitrogens with zero attached hydrogens (tertiary/aromatic N) is 3. The van der Waals surface area contributed by atoms with Gasteiger partial charge in [0.25, 0.3) is 0 Å². The summed E-state index contributed by atoms with van der Waals surface area (Å²) in [4.78, 5) is 9.12. The van der Waals surface area contributed by atoms with Crippen molar-refractivity contribution in [1.82, 2.24) is 15.1 Å². The number of likely N-dealkylation sites (N-methyl/N-ethyl adjacent to an activating group) is 1. The summed E-state index contributed by atoms with van der Waals surface area (Å²) in [6, 6.07) is 0.661. The van der Waals surface area contributed by atoms with E-state index in [0.29, 0.717) is 6.04 Å². The quantitative estimate of drug-likeness (QED) is 0.466. The van der Waals surface area contributed by atoms with Crippen LogP contribution in [0.1, 0.15) is 25.7 Å². The molecule has 0 aromatic heterocycles. The van der Waals surface area contributed by atoms with Crippen molar-refractivity contribution in [2.45, 2.75) is 31.7 Å². The van der Waals surface area contributed by atoms with Gasteiger partial charge in [-0.2, -0.15) is 0 Å². The Morgan fingerprint density at radius 3 is 2.39 bits per heavy atom. The predicted octanol–water partition coefficient (Wildman–Crippen LogP) is 1.62. The van der Waals surface area contributed by atoms with Crippen LogP contribution in [0.25, 0.3) is 0 Å². The van der Waals surface area contributed by atoms with Crippen LogP contribution in [0.2, 0.25) is 0 Å². The van der Waals surface area contributed by atoms with Gasteiger partial charge in [0.05, 0.1) is 0 Å². The average molecular weight is 366 g/mol. The van der Waals surface area contributed by atoms with Crippen LogP contribution in [0, 0.1) is 5.92 Å². The highest BCUT2D eigenvalue weighted by molar-refractivity contribution is 14.0. The first kappa shape index (κ1) is 16.0. The van der Waals surface area contributed by atoms with Gasteiger partial charge in [-0.05, 0) is 45.7 Å². The van der Waals surface area contributed by atoms with Crippen molar-refractivity contribution in [3.63, 3.8) is 0 Å². The maximum atomic E-state index is 4.39. The molecule has 5 heteroatoms. The molecule has 106 valence electrons. The van der Waals surface area contributed by atoms with Crippen LogP contribution >= 0.6 is 24.0 Å². The first-order valence-corrected chi connectivity index (χ1v) is 6.84. The molecule has 0 radical (unpaired) electrons. The lowest BCUT2D eigenvalue weighted by atomic mass is 10.1. The zero-order valence-electron chi connectivity index (χ0n) is 11.9. The van der Waals surface area contributed by atoms with E-state index in [1.54, 1.807) is 0 Å². The smallest absolute Gasteiger partial charge is 0.193 e. The van der Waals surface area contributed by atoms with Gasteiger partial charge in [-0.15, -0.1) is 24.0 Å². The van der Waals surface area contributed by atoms with Crippen LogP contribution in [0.5, 0.6) is 0 Å². The third-order valence-electron chi connectivity index (χ3n) is 3.92. The molecule has 0 aromatic carbocycles. The van der Waals surface area contributed by atoms with Gasteiger partial charge in [-0.3, -0.25) is 4.99 Å². The van der Waals surface area contributed by atoms with E-state index in [2.05, 4.69) is 34.2 Å². The molecule has 1 saturated heterocycles. The molecule has 2 aliphatic rings. The third kappa shape index (κ3) is 4.26. The number of hydrogen-bond acceptors (Lipinski definition) is 2. The summed E-state index contributed by atoms with van der Waals surface area (Å²) < 4.78 is 0. The summed E-state index contributed by atoms with van der Waals surface area (Å²) >= 11 is 0. The summed E-state index contributed by atoms with van der Waals surface area (Å²) in [5.74, 6) is 1.99. The molecule has 1 atom stereocenters. The van der Waals surface area contributed by atoms with Crippen molar-refractivity contribution < 1.29 is 0 Å². The number of hydrogen-bond donors (Lipinski definition) is 1. The molecular weight excluding hydrogens is 339 g/mol. The Hall–Kier alpha value is -0.0400. The van der Waals surface area contributed by atoms with Gasteiger partial charge in [0.15, 0.2) is 5.96 Å². The minimum absolute atomic E-state index is 0. The molecule has 0 spiro atoms. The van der Waals surface area contributed by atoms with E-state index < -0.39 is 0 Å². The second-order valence-corrected chi connectivity index (χ2v) is 5.49. The number of rotatable bonds is 4. The third-order valence-corrected chi connectivity index (χ3v) is 3.92. The van der Waals surface area contributed by atoms with Gasteiger partial charge in [0, 0.05) is 32.7 Å². The lowest BCUT2D eigenvalue weighted by molar-refractivity contribution is 0.262. The lowest BCUT2D eigenvalue weighted by Gasteiger charge is -2.27. The molecule has 2 rings (SSSR count).